The number of amides is 1. The fraction of sp³-hybridized carbons (Fsp3) is 0.522. The van der Waals surface area contributed by atoms with Crippen molar-refractivity contribution in [1.29, 1.82) is 5.26 Å². The molecular formula is C23H27ClF3N5O5S. The van der Waals surface area contributed by atoms with Crippen LogP contribution in [-0.2, 0) is 21.3 Å². The summed E-state index contributed by atoms with van der Waals surface area (Å²) in [6, 6.07) is 6.08. The minimum absolute atomic E-state index is 0.00390. The number of ether oxygens (including phenoxy) is 2. The molecule has 1 aliphatic heterocycles. The first-order chi connectivity index (χ1) is 17.4. The number of fused-ring (bicyclic) bond motifs is 1. The Morgan fingerprint density at radius 1 is 1.32 bits per heavy atom. The van der Waals surface area contributed by atoms with Gasteiger partial charge < -0.3 is 9.47 Å². The second-order valence-corrected chi connectivity index (χ2v) is 12.0. The Bertz CT molecular complexity index is 1370. The summed E-state index contributed by atoms with van der Waals surface area (Å²) < 4.78 is 79.7. The molecule has 0 bridgehead atoms. The van der Waals surface area contributed by atoms with Gasteiger partial charge in [-0.05, 0) is 52.8 Å². The van der Waals surface area contributed by atoms with Gasteiger partial charge in [0.25, 0.3) is 10.0 Å². The first-order valence-corrected chi connectivity index (χ1v) is 13.3. The fourth-order valence-corrected chi connectivity index (χ4v) is 5.55. The first kappa shape index (κ1) is 29.4. The third-order valence-corrected chi connectivity index (χ3v) is 7.96. The number of rotatable bonds is 7. The maximum Gasteiger partial charge on any atom is 0.427 e. The third kappa shape index (κ3) is 6.10. The van der Waals surface area contributed by atoms with E-state index in [0.29, 0.717) is 20.4 Å². The van der Waals surface area contributed by atoms with Crippen molar-refractivity contribution in [2.75, 3.05) is 16.2 Å². The molecule has 0 saturated carbocycles. The van der Waals surface area contributed by atoms with Crippen LogP contribution in [0, 0.1) is 16.7 Å². The number of aromatic nitrogens is 2. The quantitative estimate of drug-likeness (QED) is 0.470. The van der Waals surface area contributed by atoms with Crippen LogP contribution in [-0.4, -0.2) is 48.7 Å². The number of hydrogen-bond donors (Lipinski definition) is 1. The van der Waals surface area contributed by atoms with Gasteiger partial charge in [-0.1, -0.05) is 11.6 Å². The lowest BCUT2D eigenvalue weighted by atomic mass is 9.88. The predicted octanol–water partition coefficient (Wildman–Crippen LogP) is 5.34. The number of anilines is 2. The standard InChI is InChI=1S/C23H27ClF3N5O5S/c1-6-31-12-18(19(24)30-31)38(34,35)32-11-15(10-21(2,3)13-28)36-17-8-7-14(9-16(17)32)29-20(33)37-22(4,5)23(25,26)27/h7-9,12,15H,6,10-11H2,1-5H3,(H,29,33)/t15-/m1/s1. The van der Waals surface area contributed by atoms with Crippen molar-refractivity contribution < 1.29 is 35.9 Å². The molecule has 208 valence electrons. The summed E-state index contributed by atoms with van der Waals surface area (Å²) in [4.78, 5) is 11.9. The third-order valence-electron chi connectivity index (χ3n) is 5.79. The van der Waals surface area contributed by atoms with Gasteiger partial charge in [-0.3, -0.25) is 14.3 Å². The summed E-state index contributed by atoms with van der Waals surface area (Å²) >= 11 is 6.14. The molecule has 2 heterocycles. The molecule has 1 aromatic carbocycles. The molecule has 2 aromatic rings. The number of benzene rings is 1. The number of hydrogen-bond acceptors (Lipinski definition) is 7. The van der Waals surface area contributed by atoms with Gasteiger partial charge in [-0.15, -0.1) is 0 Å². The average molecular weight is 578 g/mol. The Morgan fingerprint density at radius 2 is 1.97 bits per heavy atom. The van der Waals surface area contributed by atoms with Crippen molar-refractivity contribution in [3.63, 3.8) is 0 Å². The van der Waals surface area contributed by atoms with Gasteiger partial charge in [0.1, 0.15) is 16.7 Å². The van der Waals surface area contributed by atoms with Crippen molar-refractivity contribution in [1.82, 2.24) is 9.78 Å². The Balaban J connectivity index is 2.01. The van der Waals surface area contributed by atoms with E-state index in [1.165, 1.54) is 29.1 Å². The number of halogens is 4. The number of sulfonamides is 1. The van der Waals surface area contributed by atoms with Gasteiger partial charge in [0, 0.05) is 24.8 Å². The number of nitrogens with one attached hydrogen (secondary N) is 1. The topological polar surface area (TPSA) is 127 Å². The molecular weight excluding hydrogens is 551 g/mol. The number of alkyl halides is 3. The monoisotopic (exact) mass is 577 g/mol. The summed E-state index contributed by atoms with van der Waals surface area (Å²) in [7, 11) is -4.32. The minimum atomic E-state index is -4.81. The molecule has 0 fully saturated rings. The van der Waals surface area contributed by atoms with Gasteiger partial charge in [-0.2, -0.15) is 23.5 Å². The van der Waals surface area contributed by atoms with Gasteiger partial charge in [-0.25, -0.2) is 13.2 Å². The van der Waals surface area contributed by atoms with Crippen molar-refractivity contribution in [3.05, 3.63) is 29.5 Å². The summed E-state index contributed by atoms with van der Waals surface area (Å²) in [5, 5.41) is 15.4. The van der Waals surface area contributed by atoms with E-state index in [9.17, 15) is 31.6 Å². The molecule has 0 spiro atoms. The lowest BCUT2D eigenvalue weighted by Gasteiger charge is -2.37. The number of carbonyl (C=O) groups excluding carboxylic acids is 1. The maximum atomic E-state index is 13.7. The summed E-state index contributed by atoms with van der Waals surface area (Å²) in [6.45, 7) is 6.68. The van der Waals surface area contributed by atoms with Crippen LogP contribution in [0.1, 0.15) is 41.0 Å². The lowest BCUT2D eigenvalue weighted by molar-refractivity contribution is -0.242. The Labute approximate surface area is 223 Å². The summed E-state index contributed by atoms with van der Waals surface area (Å²) in [5.74, 6) is 0.118. The Kier molecular flexibility index (Phi) is 7.87. The van der Waals surface area contributed by atoms with Gasteiger partial charge in [0.2, 0.25) is 5.60 Å². The number of nitrogens with zero attached hydrogens (tertiary/aromatic N) is 4. The smallest absolute Gasteiger partial charge is 0.427 e. The normalized spacial score (nSPS) is 16.3. The molecule has 0 unspecified atom stereocenters. The highest BCUT2D eigenvalue weighted by atomic mass is 35.5. The van der Waals surface area contributed by atoms with E-state index in [-0.39, 0.29) is 40.1 Å². The number of aryl methyl sites for hydroxylation is 1. The molecule has 15 heteroatoms. The zero-order valence-corrected chi connectivity index (χ0v) is 22.8. The van der Waals surface area contributed by atoms with E-state index in [1.807, 2.05) is 0 Å². The molecule has 1 aromatic heterocycles. The number of carbonyl (C=O) groups is 1. The molecule has 38 heavy (non-hydrogen) atoms. The van der Waals surface area contributed by atoms with Gasteiger partial charge >= 0.3 is 12.3 Å². The maximum absolute atomic E-state index is 13.7. The van der Waals surface area contributed by atoms with Crippen molar-refractivity contribution in [3.8, 4) is 11.8 Å². The molecule has 1 N–H and O–H groups in total. The van der Waals surface area contributed by atoms with Crippen LogP contribution >= 0.6 is 11.6 Å². The highest BCUT2D eigenvalue weighted by Crippen LogP contribution is 2.42. The van der Waals surface area contributed by atoms with E-state index in [0.717, 1.165) is 4.31 Å². The van der Waals surface area contributed by atoms with E-state index in [4.69, 9.17) is 16.3 Å². The van der Waals surface area contributed by atoms with Crippen LogP contribution in [0.25, 0.3) is 0 Å². The van der Waals surface area contributed by atoms with Crippen LogP contribution in [0.15, 0.2) is 29.3 Å². The van der Waals surface area contributed by atoms with Gasteiger partial charge in [0.15, 0.2) is 5.15 Å². The zero-order chi connectivity index (χ0) is 28.7. The highest BCUT2D eigenvalue weighted by Gasteiger charge is 2.51. The van der Waals surface area contributed by atoms with E-state index >= 15 is 0 Å². The first-order valence-electron chi connectivity index (χ1n) is 11.4. The predicted molar refractivity (Wildman–Crippen MR) is 133 cm³/mol. The van der Waals surface area contributed by atoms with Gasteiger partial charge in [0.05, 0.1) is 23.7 Å². The van der Waals surface area contributed by atoms with E-state index < -0.39 is 39.4 Å². The Morgan fingerprint density at radius 3 is 2.53 bits per heavy atom. The molecule has 3 rings (SSSR count). The molecule has 1 amide bonds. The highest BCUT2D eigenvalue weighted by molar-refractivity contribution is 7.93. The molecule has 0 aliphatic carbocycles. The molecule has 1 aliphatic rings. The minimum Gasteiger partial charge on any atom is -0.486 e. The molecule has 0 saturated heterocycles. The van der Waals surface area contributed by atoms with E-state index in [2.05, 4.69) is 21.2 Å². The van der Waals surface area contributed by atoms with Crippen LogP contribution in [0.4, 0.5) is 29.3 Å². The van der Waals surface area contributed by atoms with Crippen LogP contribution < -0.4 is 14.4 Å². The largest absolute Gasteiger partial charge is 0.486 e. The molecule has 0 radical (unpaired) electrons. The second-order valence-electron chi connectivity index (χ2n) is 9.82. The van der Waals surface area contributed by atoms with E-state index in [1.54, 1.807) is 20.8 Å². The van der Waals surface area contributed by atoms with Crippen LogP contribution in [0.3, 0.4) is 0 Å². The average Bonchev–Trinajstić information content (AvgIpc) is 3.19. The number of nitriles is 1. The van der Waals surface area contributed by atoms with Crippen molar-refractivity contribution in [2.45, 2.75) is 70.4 Å². The van der Waals surface area contributed by atoms with Crippen molar-refractivity contribution in [2.24, 2.45) is 5.41 Å². The molecule has 1 atom stereocenters. The lowest BCUT2D eigenvalue weighted by Crippen LogP contribution is -2.45. The Hall–Kier alpha value is -3.18. The molecule has 10 nitrogen and oxygen atoms in total. The van der Waals surface area contributed by atoms with Crippen LogP contribution in [0.5, 0.6) is 5.75 Å². The fourth-order valence-electron chi connectivity index (χ4n) is 3.60. The summed E-state index contributed by atoms with van der Waals surface area (Å²) in [5.41, 5.74) is -3.63. The van der Waals surface area contributed by atoms with Crippen LogP contribution in [0.2, 0.25) is 5.15 Å². The second kappa shape index (κ2) is 10.2. The zero-order valence-electron chi connectivity index (χ0n) is 21.3. The summed E-state index contributed by atoms with van der Waals surface area (Å²) in [6.07, 6.45) is -5.45. The SMILES string of the molecule is CCn1cc(S(=O)(=O)N2C[C@@H](CC(C)(C)C#N)Oc3ccc(NC(=O)OC(C)(C)C(F)(F)F)cc32)c(Cl)n1. The van der Waals surface area contributed by atoms with Crippen molar-refractivity contribution >= 4 is 39.1 Å².